The van der Waals surface area contributed by atoms with Gasteiger partial charge in [-0.25, -0.2) is 4.39 Å². The third kappa shape index (κ3) is 3.46. The Morgan fingerprint density at radius 1 is 1.45 bits per heavy atom. The zero-order valence-corrected chi connectivity index (χ0v) is 11.8. The first-order valence-corrected chi connectivity index (χ1v) is 6.71. The molecular formula is C14H20FN3O2. The van der Waals surface area contributed by atoms with Gasteiger partial charge < -0.3 is 15.4 Å². The van der Waals surface area contributed by atoms with Gasteiger partial charge in [0.2, 0.25) is 5.91 Å². The van der Waals surface area contributed by atoms with Gasteiger partial charge in [0.15, 0.2) is 11.6 Å². The molecule has 1 aliphatic heterocycles. The molecule has 1 atom stereocenters. The first kappa shape index (κ1) is 14.7. The number of hydrogen-bond donors (Lipinski definition) is 2. The van der Waals surface area contributed by atoms with Crippen LogP contribution in [0.5, 0.6) is 5.75 Å². The van der Waals surface area contributed by atoms with E-state index in [0.29, 0.717) is 5.69 Å². The quantitative estimate of drug-likeness (QED) is 0.867. The Bertz CT molecular complexity index is 475. The van der Waals surface area contributed by atoms with Crippen LogP contribution >= 0.6 is 0 Å². The van der Waals surface area contributed by atoms with Gasteiger partial charge in [-0.1, -0.05) is 0 Å². The lowest BCUT2D eigenvalue weighted by Crippen LogP contribution is -2.51. The van der Waals surface area contributed by atoms with Crippen LogP contribution in [-0.4, -0.2) is 50.1 Å². The number of hydrogen-bond acceptors (Lipinski definition) is 4. The summed E-state index contributed by atoms with van der Waals surface area (Å²) in [6, 6.07) is 4.08. The van der Waals surface area contributed by atoms with Crippen molar-refractivity contribution >= 4 is 11.6 Å². The van der Waals surface area contributed by atoms with Gasteiger partial charge in [0, 0.05) is 37.9 Å². The minimum Gasteiger partial charge on any atom is -0.494 e. The smallest absolute Gasteiger partial charge is 0.241 e. The van der Waals surface area contributed by atoms with Gasteiger partial charge in [0.25, 0.3) is 0 Å². The van der Waals surface area contributed by atoms with E-state index >= 15 is 0 Å². The number of amides is 1. The zero-order chi connectivity index (χ0) is 14.5. The standard InChI is InChI=1S/C14H20FN3O2/c1-10(18-7-5-16-6-8-18)14(19)17-11-3-4-12(15)13(9-11)20-2/h3-4,9-10,16H,5-8H2,1-2H3,(H,17,19). The third-order valence-electron chi connectivity index (χ3n) is 3.50. The lowest BCUT2D eigenvalue weighted by atomic mass is 10.2. The van der Waals surface area contributed by atoms with Crippen LogP contribution in [0.4, 0.5) is 10.1 Å². The Labute approximate surface area is 118 Å². The number of nitrogens with zero attached hydrogens (tertiary/aromatic N) is 1. The Balaban J connectivity index is 1.99. The van der Waals surface area contributed by atoms with E-state index < -0.39 is 5.82 Å². The highest BCUT2D eigenvalue weighted by molar-refractivity contribution is 5.94. The summed E-state index contributed by atoms with van der Waals surface area (Å²) in [6.45, 7) is 5.36. The van der Waals surface area contributed by atoms with Crippen molar-refractivity contribution in [1.29, 1.82) is 0 Å². The molecule has 110 valence electrons. The monoisotopic (exact) mass is 281 g/mol. The summed E-state index contributed by atoms with van der Waals surface area (Å²) in [5.74, 6) is -0.418. The minimum atomic E-state index is -0.444. The number of anilines is 1. The summed E-state index contributed by atoms with van der Waals surface area (Å²) < 4.78 is 18.2. The van der Waals surface area contributed by atoms with Crippen molar-refractivity contribution in [1.82, 2.24) is 10.2 Å². The third-order valence-corrected chi connectivity index (χ3v) is 3.50. The highest BCUT2D eigenvalue weighted by Gasteiger charge is 2.22. The molecule has 5 nitrogen and oxygen atoms in total. The second-order valence-corrected chi connectivity index (χ2v) is 4.80. The highest BCUT2D eigenvalue weighted by atomic mass is 19.1. The van der Waals surface area contributed by atoms with Crippen LogP contribution in [0.1, 0.15) is 6.92 Å². The number of halogens is 1. The maximum Gasteiger partial charge on any atom is 0.241 e. The predicted molar refractivity (Wildman–Crippen MR) is 75.5 cm³/mol. The number of rotatable bonds is 4. The molecule has 0 spiro atoms. The topological polar surface area (TPSA) is 53.6 Å². The molecule has 1 amide bonds. The van der Waals surface area contributed by atoms with Gasteiger partial charge in [-0.05, 0) is 19.1 Å². The van der Waals surface area contributed by atoms with Crippen LogP contribution in [0.25, 0.3) is 0 Å². The highest BCUT2D eigenvalue weighted by Crippen LogP contribution is 2.21. The van der Waals surface area contributed by atoms with E-state index in [1.54, 1.807) is 0 Å². The van der Waals surface area contributed by atoms with Crippen LogP contribution in [-0.2, 0) is 4.79 Å². The van der Waals surface area contributed by atoms with E-state index in [9.17, 15) is 9.18 Å². The zero-order valence-electron chi connectivity index (χ0n) is 11.8. The first-order valence-electron chi connectivity index (χ1n) is 6.71. The number of nitrogens with one attached hydrogen (secondary N) is 2. The molecule has 0 bridgehead atoms. The molecule has 1 aromatic rings. The van der Waals surface area contributed by atoms with Crippen LogP contribution in [0.2, 0.25) is 0 Å². The van der Waals surface area contributed by atoms with E-state index in [2.05, 4.69) is 15.5 Å². The molecule has 1 saturated heterocycles. The van der Waals surface area contributed by atoms with E-state index in [1.807, 2.05) is 6.92 Å². The minimum absolute atomic E-state index is 0.0967. The van der Waals surface area contributed by atoms with Crippen molar-refractivity contribution in [2.24, 2.45) is 0 Å². The summed E-state index contributed by atoms with van der Waals surface area (Å²) in [5, 5.41) is 6.04. The number of piperazine rings is 1. The molecule has 0 aliphatic carbocycles. The van der Waals surface area contributed by atoms with E-state index in [4.69, 9.17) is 4.74 Å². The van der Waals surface area contributed by atoms with Crippen LogP contribution in [0.3, 0.4) is 0 Å². The molecule has 6 heteroatoms. The summed E-state index contributed by atoms with van der Waals surface area (Å²) in [5.41, 5.74) is 0.537. The van der Waals surface area contributed by atoms with Crippen molar-refractivity contribution in [2.45, 2.75) is 13.0 Å². The largest absolute Gasteiger partial charge is 0.494 e. The average Bonchev–Trinajstić information content (AvgIpc) is 2.49. The van der Waals surface area contributed by atoms with Crippen molar-refractivity contribution in [3.05, 3.63) is 24.0 Å². The number of carbonyl (C=O) groups is 1. The number of ether oxygens (including phenoxy) is 1. The van der Waals surface area contributed by atoms with Crippen LogP contribution in [0, 0.1) is 5.82 Å². The fraction of sp³-hybridized carbons (Fsp3) is 0.500. The van der Waals surface area contributed by atoms with Gasteiger partial charge in [-0.2, -0.15) is 0 Å². The van der Waals surface area contributed by atoms with Crippen molar-refractivity contribution < 1.29 is 13.9 Å². The maximum absolute atomic E-state index is 13.3. The molecule has 0 radical (unpaired) electrons. The van der Waals surface area contributed by atoms with Gasteiger partial charge in [0.1, 0.15) is 0 Å². The fourth-order valence-corrected chi connectivity index (χ4v) is 2.22. The average molecular weight is 281 g/mol. The molecule has 0 aromatic heterocycles. The summed E-state index contributed by atoms with van der Waals surface area (Å²) in [7, 11) is 1.40. The molecule has 2 rings (SSSR count). The van der Waals surface area contributed by atoms with Gasteiger partial charge in [-0.15, -0.1) is 0 Å². The summed E-state index contributed by atoms with van der Waals surface area (Å²) in [4.78, 5) is 14.3. The molecule has 1 heterocycles. The fourth-order valence-electron chi connectivity index (χ4n) is 2.22. The number of benzene rings is 1. The van der Waals surface area contributed by atoms with Crippen LogP contribution < -0.4 is 15.4 Å². The summed E-state index contributed by atoms with van der Waals surface area (Å²) in [6.07, 6.45) is 0. The lowest BCUT2D eigenvalue weighted by molar-refractivity contribution is -0.120. The molecule has 1 fully saturated rings. The molecular weight excluding hydrogens is 261 g/mol. The van der Waals surface area contributed by atoms with E-state index in [1.165, 1.54) is 25.3 Å². The molecule has 1 unspecified atom stereocenters. The Hall–Kier alpha value is -1.66. The Morgan fingerprint density at radius 3 is 2.80 bits per heavy atom. The predicted octanol–water partition coefficient (Wildman–Crippen LogP) is 1.07. The van der Waals surface area contributed by atoms with Gasteiger partial charge in [0.05, 0.1) is 13.2 Å². The normalized spacial score (nSPS) is 17.6. The van der Waals surface area contributed by atoms with Gasteiger partial charge in [-0.3, -0.25) is 9.69 Å². The van der Waals surface area contributed by atoms with E-state index in [0.717, 1.165) is 26.2 Å². The number of methoxy groups -OCH3 is 1. The number of carbonyl (C=O) groups excluding carboxylic acids is 1. The first-order chi connectivity index (χ1) is 9.61. The second-order valence-electron chi connectivity index (χ2n) is 4.80. The van der Waals surface area contributed by atoms with Gasteiger partial charge >= 0.3 is 0 Å². The van der Waals surface area contributed by atoms with E-state index in [-0.39, 0.29) is 17.7 Å². The SMILES string of the molecule is COc1cc(NC(=O)C(C)N2CCNCC2)ccc1F. The van der Waals surface area contributed by atoms with Crippen molar-refractivity contribution in [3.8, 4) is 5.75 Å². The molecule has 1 aliphatic rings. The molecule has 1 aromatic carbocycles. The molecule has 20 heavy (non-hydrogen) atoms. The Morgan fingerprint density at radius 2 is 2.15 bits per heavy atom. The Kier molecular flexibility index (Phi) is 4.92. The maximum atomic E-state index is 13.3. The molecule has 0 saturated carbocycles. The second kappa shape index (κ2) is 6.67. The van der Waals surface area contributed by atoms with Crippen LogP contribution in [0.15, 0.2) is 18.2 Å². The van der Waals surface area contributed by atoms with Crippen molar-refractivity contribution in [2.75, 3.05) is 38.6 Å². The molecule has 2 N–H and O–H groups in total. The lowest BCUT2D eigenvalue weighted by Gasteiger charge is -2.31. The summed E-state index contributed by atoms with van der Waals surface area (Å²) >= 11 is 0. The van der Waals surface area contributed by atoms with Crippen molar-refractivity contribution in [3.63, 3.8) is 0 Å².